The minimum absolute atomic E-state index is 0.00563. The van der Waals surface area contributed by atoms with E-state index in [0.717, 1.165) is 24.0 Å². The van der Waals surface area contributed by atoms with Crippen molar-refractivity contribution in [2.75, 3.05) is 32.7 Å². The maximum Gasteiger partial charge on any atom is 0.250 e. The number of aromatic nitrogens is 2. The van der Waals surface area contributed by atoms with Crippen molar-refractivity contribution < 1.29 is 14.1 Å². The summed E-state index contributed by atoms with van der Waals surface area (Å²) in [5.74, 6) is 1.12. The van der Waals surface area contributed by atoms with Crippen molar-refractivity contribution in [2.45, 2.75) is 31.8 Å². The standard InChI is InChI=1S/C26H28ClN5O3/c27-21-11-9-20(10-12-21)25-28-22(35-29-25)18-30-14-16-31(17-15-30)26(34)24(19-6-2-1-3-7-19)32-13-5-4-8-23(32)33/h1-3,6-7,9-12,24H,4-5,8,13-18H2. The molecule has 3 aromatic rings. The number of hydrogen-bond acceptors (Lipinski definition) is 6. The first-order valence-corrected chi connectivity index (χ1v) is 12.4. The van der Waals surface area contributed by atoms with Gasteiger partial charge >= 0.3 is 0 Å². The number of benzene rings is 2. The molecule has 1 aromatic heterocycles. The number of amides is 2. The van der Waals surface area contributed by atoms with Gasteiger partial charge in [0.05, 0.1) is 6.54 Å². The van der Waals surface area contributed by atoms with Gasteiger partial charge in [0.1, 0.15) is 6.04 Å². The van der Waals surface area contributed by atoms with Gasteiger partial charge in [-0.2, -0.15) is 4.98 Å². The first-order valence-electron chi connectivity index (χ1n) is 12.0. The summed E-state index contributed by atoms with van der Waals surface area (Å²) in [6, 6.07) is 16.4. The van der Waals surface area contributed by atoms with Crippen LogP contribution in [0.4, 0.5) is 0 Å². The lowest BCUT2D eigenvalue weighted by molar-refractivity contribution is -0.149. The lowest BCUT2D eigenvalue weighted by Crippen LogP contribution is -2.53. The zero-order chi connectivity index (χ0) is 24.2. The molecule has 0 N–H and O–H groups in total. The van der Waals surface area contributed by atoms with Crippen molar-refractivity contribution in [3.8, 4) is 11.4 Å². The van der Waals surface area contributed by atoms with E-state index in [-0.39, 0.29) is 11.8 Å². The second kappa shape index (κ2) is 10.6. The molecular weight excluding hydrogens is 466 g/mol. The maximum atomic E-state index is 13.7. The van der Waals surface area contributed by atoms with E-state index in [9.17, 15) is 9.59 Å². The monoisotopic (exact) mass is 493 g/mol. The van der Waals surface area contributed by atoms with E-state index in [0.29, 0.717) is 62.4 Å². The highest BCUT2D eigenvalue weighted by molar-refractivity contribution is 6.30. The van der Waals surface area contributed by atoms with Crippen molar-refractivity contribution in [2.24, 2.45) is 0 Å². The molecule has 5 rings (SSSR count). The maximum absolute atomic E-state index is 13.7. The number of likely N-dealkylation sites (tertiary alicyclic amines) is 1. The van der Waals surface area contributed by atoms with Gasteiger partial charge in [0.2, 0.25) is 23.5 Å². The second-order valence-corrected chi connectivity index (χ2v) is 9.41. The summed E-state index contributed by atoms with van der Waals surface area (Å²) in [6.07, 6.45) is 2.32. The van der Waals surface area contributed by atoms with E-state index in [1.807, 2.05) is 47.4 Å². The van der Waals surface area contributed by atoms with Gasteiger partial charge in [-0.05, 0) is 42.7 Å². The molecule has 3 heterocycles. The van der Waals surface area contributed by atoms with Crippen LogP contribution in [0.15, 0.2) is 59.1 Å². The lowest BCUT2D eigenvalue weighted by atomic mass is 9.99. The van der Waals surface area contributed by atoms with Gasteiger partial charge in [0, 0.05) is 49.7 Å². The average Bonchev–Trinajstić information content (AvgIpc) is 3.35. The Morgan fingerprint density at radius 3 is 2.43 bits per heavy atom. The van der Waals surface area contributed by atoms with Crippen LogP contribution in [0.3, 0.4) is 0 Å². The number of piperazine rings is 1. The number of carbonyl (C=O) groups is 2. The number of hydrogen-bond donors (Lipinski definition) is 0. The summed E-state index contributed by atoms with van der Waals surface area (Å²) in [5.41, 5.74) is 1.72. The number of piperidine rings is 1. The molecule has 0 bridgehead atoms. The molecule has 0 saturated carbocycles. The Hall–Kier alpha value is -3.23. The largest absolute Gasteiger partial charge is 0.338 e. The summed E-state index contributed by atoms with van der Waals surface area (Å²) in [6.45, 7) is 3.71. The van der Waals surface area contributed by atoms with E-state index >= 15 is 0 Å². The van der Waals surface area contributed by atoms with Crippen LogP contribution in [0.2, 0.25) is 5.02 Å². The molecule has 2 amide bonds. The molecule has 2 aliphatic heterocycles. The molecule has 0 aliphatic carbocycles. The third kappa shape index (κ3) is 5.39. The normalized spacial score (nSPS) is 18.0. The first kappa shape index (κ1) is 23.5. The van der Waals surface area contributed by atoms with Crippen LogP contribution in [0.1, 0.15) is 36.8 Å². The molecule has 182 valence electrons. The Balaban J connectivity index is 1.22. The minimum atomic E-state index is -0.562. The van der Waals surface area contributed by atoms with Gasteiger partial charge in [-0.25, -0.2) is 0 Å². The summed E-state index contributed by atoms with van der Waals surface area (Å²) >= 11 is 5.95. The quantitative estimate of drug-likeness (QED) is 0.519. The fraction of sp³-hybridized carbons (Fsp3) is 0.385. The van der Waals surface area contributed by atoms with Crippen LogP contribution in [-0.2, 0) is 16.1 Å². The highest BCUT2D eigenvalue weighted by Crippen LogP contribution is 2.28. The molecule has 0 radical (unpaired) electrons. The van der Waals surface area contributed by atoms with E-state index < -0.39 is 6.04 Å². The van der Waals surface area contributed by atoms with Crippen LogP contribution in [0.25, 0.3) is 11.4 Å². The van der Waals surface area contributed by atoms with Gasteiger partial charge in [0.25, 0.3) is 0 Å². The fourth-order valence-corrected chi connectivity index (χ4v) is 4.84. The Morgan fingerprint density at radius 2 is 1.71 bits per heavy atom. The summed E-state index contributed by atoms with van der Waals surface area (Å²) in [7, 11) is 0. The van der Waals surface area contributed by atoms with Gasteiger partial charge in [-0.15, -0.1) is 0 Å². The van der Waals surface area contributed by atoms with E-state index in [4.69, 9.17) is 16.1 Å². The third-order valence-corrected chi connectivity index (χ3v) is 6.89. The van der Waals surface area contributed by atoms with E-state index in [1.165, 1.54) is 0 Å². The van der Waals surface area contributed by atoms with Gasteiger partial charge < -0.3 is 14.3 Å². The summed E-state index contributed by atoms with van der Waals surface area (Å²) in [5, 5.41) is 4.74. The number of halogens is 1. The lowest BCUT2D eigenvalue weighted by Gasteiger charge is -2.40. The van der Waals surface area contributed by atoms with Crippen molar-refractivity contribution in [3.63, 3.8) is 0 Å². The Labute approximate surface area is 209 Å². The smallest absolute Gasteiger partial charge is 0.250 e. The molecule has 1 unspecified atom stereocenters. The van der Waals surface area contributed by atoms with Crippen molar-refractivity contribution >= 4 is 23.4 Å². The fourth-order valence-electron chi connectivity index (χ4n) is 4.72. The van der Waals surface area contributed by atoms with Gasteiger partial charge in [-0.3, -0.25) is 14.5 Å². The molecule has 2 aliphatic rings. The van der Waals surface area contributed by atoms with Gasteiger partial charge in [0.15, 0.2) is 0 Å². The number of carbonyl (C=O) groups excluding carboxylic acids is 2. The van der Waals surface area contributed by atoms with Crippen molar-refractivity contribution in [3.05, 3.63) is 71.1 Å². The highest BCUT2D eigenvalue weighted by atomic mass is 35.5. The van der Waals surface area contributed by atoms with Crippen LogP contribution >= 0.6 is 11.6 Å². The van der Waals surface area contributed by atoms with Gasteiger partial charge in [-0.1, -0.05) is 47.1 Å². The third-order valence-electron chi connectivity index (χ3n) is 6.63. The van der Waals surface area contributed by atoms with Crippen LogP contribution in [-0.4, -0.2) is 69.4 Å². The van der Waals surface area contributed by atoms with Crippen molar-refractivity contribution in [1.29, 1.82) is 0 Å². The Kier molecular flexibility index (Phi) is 7.11. The predicted octanol–water partition coefficient (Wildman–Crippen LogP) is 3.79. The predicted molar refractivity (Wildman–Crippen MR) is 131 cm³/mol. The first-order chi connectivity index (χ1) is 17.1. The zero-order valence-electron chi connectivity index (χ0n) is 19.5. The molecule has 9 heteroatoms. The van der Waals surface area contributed by atoms with E-state index in [2.05, 4.69) is 15.0 Å². The molecule has 8 nitrogen and oxygen atoms in total. The topological polar surface area (TPSA) is 82.8 Å². The summed E-state index contributed by atoms with van der Waals surface area (Å²) in [4.78, 5) is 36.7. The van der Waals surface area contributed by atoms with E-state index in [1.54, 1.807) is 17.0 Å². The van der Waals surface area contributed by atoms with Crippen LogP contribution in [0, 0.1) is 0 Å². The Morgan fingerprint density at radius 1 is 0.971 bits per heavy atom. The average molecular weight is 494 g/mol. The molecular formula is C26H28ClN5O3. The summed E-state index contributed by atoms with van der Waals surface area (Å²) < 4.78 is 5.45. The molecule has 35 heavy (non-hydrogen) atoms. The minimum Gasteiger partial charge on any atom is -0.338 e. The second-order valence-electron chi connectivity index (χ2n) is 8.98. The SMILES string of the molecule is O=C(C(c1ccccc1)N1CCCCC1=O)N1CCN(Cc2nc(-c3ccc(Cl)cc3)no2)CC1. The number of nitrogens with zero attached hydrogens (tertiary/aromatic N) is 5. The zero-order valence-corrected chi connectivity index (χ0v) is 20.2. The van der Waals surface area contributed by atoms with Crippen molar-refractivity contribution in [1.82, 2.24) is 24.8 Å². The highest BCUT2D eigenvalue weighted by Gasteiger charge is 2.36. The molecule has 1 atom stereocenters. The molecule has 2 aromatic carbocycles. The molecule has 0 spiro atoms. The molecule has 2 fully saturated rings. The van der Waals surface area contributed by atoms with Crippen LogP contribution in [0.5, 0.6) is 0 Å². The number of rotatable bonds is 6. The van der Waals surface area contributed by atoms with Crippen LogP contribution < -0.4 is 0 Å². The molecule has 2 saturated heterocycles. The Bertz CT molecular complexity index is 1160.